The summed E-state index contributed by atoms with van der Waals surface area (Å²) in [4.78, 5) is 2.86. The van der Waals surface area contributed by atoms with E-state index in [-0.39, 0.29) is 0 Å². The van der Waals surface area contributed by atoms with E-state index in [2.05, 4.69) is 11.8 Å². The van der Waals surface area contributed by atoms with Gasteiger partial charge in [-0.1, -0.05) is 19.8 Å². The van der Waals surface area contributed by atoms with Gasteiger partial charge in [-0.2, -0.15) is 0 Å². The zero-order chi connectivity index (χ0) is 9.60. The summed E-state index contributed by atoms with van der Waals surface area (Å²) < 4.78 is 0. The molecule has 1 nitrogen and oxygen atoms in total. The maximum absolute atomic E-state index is 2.86. The first kappa shape index (κ1) is 9.21. The number of hydrogen-bond donors (Lipinski definition) is 0. The van der Waals surface area contributed by atoms with Crippen molar-refractivity contribution in [2.45, 2.75) is 57.4 Å². The average molecular weight is 193 g/mol. The van der Waals surface area contributed by atoms with Gasteiger partial charge in [0.1, 0.15) is 0 Å². The number of rotatable bonds is 1. The molecule has 80 valence electrons. The molecular weight excluding hydrogens is 170 g/mol. The van der Waals surface area contributed by atoms with Crippen LogP contribution in [-0.2, 0) is 0 Å². The molecule has 3 aliphatic rings. The number of piperidine rings is 1. The van der Waals surface area contributed by atoms with E-state index in [1.54, 1.807) is 0 Å². The molecule has 0 radical (unpaired) electrons. The van der Waals surface area contributed by atoms with E-state index in [9.17, 15) is 0 Å². The quantitative estimate of drug-likeness (QED) is 0.618. The van der Waals surface area contributed by atoms with Gasteiger partial charge in [-0.3, -0.25) is 4.90 Å². The monoisotopic (exact) mass is 193 g/mol. The molecule has 2 unspecified atom stereocenters. The van der Waals surface area contributed by atoms with Crippen molar-refractivity contribution in [3.8, 4) is 0 Å². The first-order valence-corrected chi connectivity index (χ1v) is 6.56. The fraction of sp³-hybridized carbons (Fsp3) is 1.00. The molecule has 14 heavy (non-hydrogen) atoms. The van der Waals surface area contributed by atoms with Crippen LogP contribution >= 0.6 is 0 Å². The van der Waals surface area contributed by atoms with Gasteiger partial charge in [0.05, 0.1) is 0 Å². The molecule has 3 atom stereocenters. The highest BCUT2D eigenvalue weighted by atomic mass is 15.2. The fourth-order valence-electron chi connectivity index (χ4n) is 4.04. The summed E-state index contributed by atoms with van der Waals surface area (Å²) in [6.45, 7) is 5.27. The second-order valence-electron chi connectivity index (χ2n) is 5.94. The minimum Gasteiger partial charge on any atom is -0.297 e. The van der Waals surface area contributed by atoms with Crippen molar-refractivity contribution >= 4 is 0 Å². The van der Waals surface area contributed by atoms with E-state index in [1.165, 1.54) is 58.0 Å². The Labute approximate surface area is 87.9 Å². The van der Waals surface area contributed by atoms with Crippen LogP contribution in [0, 0.1) is 11.8 Å². The minimum absolute atomic E-state index is 0.720. The molecule has 0 aromatic carbocycles. The first-order chi connectivity index (χ1) is 6.81. The average Bonchev–Trinajstić information content (AvgIpc) is 2.94. The Balaban J connectivity index is 1.70. The van der Waals surface area contributed by atoms with Crippen LogP contribution in [-0.4, -0.2) is 23.5 Å². The highest BCUT2D eigenvalue weighted by Crippen LogP contribution is 2.59. The summed E-state index contributed by atoms with van der Waals surface area (Å²) in [6, 6.07) is 0. The molecule has 0 amide bonds. The predicted molar refractivity (Wildman–Crippen MR) is 59.3 cm³/mol. The van der Waals surface area contributed by atoms with Crippen LogP contribution in [0.1, 0.15) is 51.9 Å². The van der Waals surface area contributed by atoms with Crippen molar-refractivity contribution in [2.24, 2.45) is 11.8 Å². The van der Waals surface area contributed by atoms with Crippen LogP contribution in [0.4, 0.5) is 0 Å². The van der Waals surface area contributed by atoms with Crippen molar-refractivity contribution in [1.29, 1.82) is 0 Å². The van der Waals surface area contributed by atoms with Gasteiger partial charge >= 0.3 is 0 Å². The smallest absolute Gasteiger partial charge is 0.0244 e. The summed E-state index contributed by atoms with van der Waals surface area (Å²) in [5, 5.41) is 0. The summed E-state index contributed by atoms with van der Waals surface area (Å²) in [6.07, 6.45) is 10.5. The molecule has 2 saturated carbocycles. The van der Waals surface area contributed by atoms with E-state index in [0.717, 1.165) is 17.4 Å². The topological polar surface area (TPSA) is 3.24 Å². The Bertz CT molecular complexity index is 219. The first-order valence-electron chi connectivity index (χ1n) is 6.56. The molecule has 1 saturated heterocycles. The molecule has 3 rings (SSSR count). The van der Waals surface area contributed by atoms with E-state index < -0.39 is 0 Å². The number of likely N-dealkylation sites (tertiary alicyclic amines) is 1. The Kier molecular flexibility index (Phi) is 2.12. The highest BCUT2D eigenvalue weighted by Gasteiger charge is 2.59. The van der Waals surface area contributed by atoms with Crippen LogP contribution in [0.5, 0.6) is 0 Å². The third kappa shape index (κ3) is 1.32. The summed E-state index contributed by atoms with van der Waals surface area (Å²) in [7, 11) is 0. The van der Waals surface area contributed by atoms with E-state index in [1.807, 2.05) is 0 Å². The lowest BCUT2D eigenvalue weighted by molar-refractivity contribution is 0.0934. The van der Waals surface area contributed by atoms with Gasteiger partial charge in [0.15, 0.2) is 0 Å². The van der Waals surface area contributed by atoms with Gasteiger partial charge in [0, 0.05) is 5.54 Å². The standard InChI is InChI=1S/C13H23N/c1-11-5-6-12-10-13(12,9-11)14-7-3-2-4-8-14/h11-12H,2-10H2,1H3/t11?,12-,13?/m0/s1. The van der Waals surface area contributed by atoms with E-state index in [0.29, 0.717) is 0 Å². The van der Waals surface area contributed by atoms with E-state index >= 15 is 0 Å². The maximum Gasteiger partial charge on any atom is 0.0244 e. The van der Waals surface area contributed by atoms with Crippen LogP contribution < -0.4 is 0 Å². The summed E-state index contributed by atoms with van der Waals surface area (Å²) in [5.41, 5.74) is 0.720. The van der Waals surface area contributed by atoms with Crippen LogP contribution in [0.2, 0.25) is 0 Å². The second kappa shape index (κ2) is 3.23. The molecule has 1 heterocycles. The molecule has 1 aliphatic heterocycles. The zero-order valence-corrected chi connectivity index (χ0v) is 9.47. The van der Waals surface area contributed by atoms with Crippen LogP contribution in [0.25, 0.3) is 0 Å². The Hall–Kier alpha value is -0.0400. The van der Waals surface area contributed by atoms with Crippen LogP contribution in [0.3, 0.4) is 0 Å². The molecule has 0 spiro atoms. The normalized spacial score (nSPS) is 48.6. The second-order valence-corrected chi connectivity index (χ2v) is 5.94. The SMILES string of the molecule is CC1CC[C@H]2CC2(N2CCCCC2)C1. The zero-order valence-electron chi connectivity index (χ0n) is 9.47. The van der Waals surface area contributed by atoms with Gasteiger partial charge in [0.2, 0.25) is 0 Å². The maximum atomic E-state index is 2.86. The number of hydrogen-bond acceptors (Lipinski definition) is 1. The van der Waals surface area contributed by atoms with Crippen molar-refractivity contribution in [2.75, 3.05) is 13.1 Å². The highest BCUT2D eigenvalue weighted by molar-refractivity contribution is 5.14. The molecule has 3 fully saturated rings. The van der Waals surface area contributed by atoms with Gasteiger partial charge in [-0.25, -0.2) is 0 Å². The Morgan fingerprint density at radius 2 is 1.79 bits per heavy atom. The number of nitrogens with zero attached hydrogens (tertiary/aromatic N) is 1. The largest absolute Gasteiger partial charge is 0.297 e. The van der Waals surface area contributed by atoms with Crippen molar-refractivity contribution in [3.63, 3.8) is 0 Å². The van der Waals surface area contributed by atoms with Gasteiger partial charge < -0.3 is 0 Å². The lowest BCUT2D eigenvalue weighted by Gasteiger charge is -2.39. The Morgan fingerprint density at radius 1 is 1.00 bits per heavy atom. The molecule has 1 heteroatoms. The molecular formula is C13H23N. The number of fused-ring (bicyclic) bond motifs is 1. The van der Waals surface area contributed by atoms with Crippen molar-refractivity contribution < 1.29 is 0 Å². The third-order valence-electron chi connectivity index (χ3n) is 4.90. The van der Waals surface area contributed by atoms with Gasteiger partial charge in [0.25, 0.3) is 0 Å². The molecule has 0 aromatic heterocycles. The summed E-state index contributed by atoms with van der Waals surface area (Å²) >= 11 is 0. The van der Waals surface area contributed by atoms with Crippen molar-refractivity contribution in [3.05, 3.63) is 0 Å². The van der Waals surface area contributed by atoms with Crippen molar-refractivity contribution in [1.82, 2.24) is 4.90 Å². The lowest BCUT2D eigenvalue weighted by Crippen LogP contribution is -2.44. The van der Waals surface area contributed by atoms with Gasteiger partial charge in [-0.05, 0) is 57.0 Å². The fourth-order valence-corrected chi connectivity index (χ4v) is 4.04. The van der Waals surface area contributed by atoms with E-state index in [4.69, 9.17) is 0 Å². The predicted octanol–water partition coefficient (Wildman–Crippen LogP) is 3.05. The summed E-state index contributed by atoms with van der Waals surface area (Å²) in [5.74, 6) is 2.09. The van der Waals surface area contributed by atoms with Gasteiger partial charge in [-0.15, -0.1) is 0 Å². The Morgan fingerprint density at radius 3 is 2.57 bits per heavy atom. The molecule has 2 aliphatic carbocycles. The lowest BCUT2D eigenvalue weighted by atomic mass is 9.85. The molecule has 0 bridgehead atoms. The molecule has 0 aromatic rings. The third-order valence-corrected chi connectivity index (χ3v) is 4.90. The minimum atomic E-state index is 0.720. The van der Waals surface area contributed by atoms with Crippen LogP contribution in [0.15, 0.2) is 0 Å². The molecule has 0 N–H and O–H groups in total.